The number of nitro benzene ring substituents is 1. The molecular formula is C14H17ClN2O7. The zero-order valence-electron chi connectivity index (χ0n) is 13.2. The fourth-order valence-corrected chi connectivity index (χ4v) is 1.71. The average molecular weight is 361 g/mol. The molecule has 0 bridgehead atoms. The van der Waals surface area contributed by atoms with E-state index in [1.807, 2.05) is 0 Å². The first-order valence-corrected chi connectivity index (χ1v) is 7.16. The molecule has 0 radical (unpaired) electrons. The lowest BCUT2D eigenvalue weighted by atomic mass is 10.2. The molecule has 0 heterocycles. The molecule has 0 saturated heterocycles. The van der Waals surface area contributed by atoms with E-state index in [9.17, 15) is 19.7 Å². The normalized spacial score (nSPS) is 12.2. The molecule has 1 aromatic rings. The van der Waals surface area contributed by atoms with Crippen LogP contribution in [0.15, 0.2) is 18.2 Å². The fourth-order valence-electron chi connectivity index (χ4n) is 1.55. The number of hydrogen-bond donors (Lipinski definition) is 2. The maximum atomic E-state index is 11.6. The number of alkyl carbamates (subject to hydrolysis) is 1. The van der Waals surface area contributed by atoms with Gasteiger partial charge in [-0.15, -0.1) is 0 Å². The van der Waals surface area contributed by atoms with Crippen LogP contribution in [0.3, 0.4) is 0 Å². The minimum Gasteiger partial charge on any atom is -0.484 e. The van der Waals surface area contributed by atoms with Crippen LogP contribution in [-0.4, -0.2) is 40.3 Å². The molecule has 1 rings (SSSR count). The predicted molar refractivity (Wildman–Crippen MR) is 84.4 cm³/mol. The van der Waals surface area contributed by atoms with Gasteiger partial charge in [-0.2, -0.15) is 0 Å². The van der Waals surface area contributed by atoms with Crippen molar-refractivity contribution in [3.63, 3.8) is 0 Å². The van der Waals surface area contributed by atoms with Gasteiger partial charge in [0, 0.05) is 17.2 Å². The molecule has 0 fully saturated rings. The van der Waals surface area contributed by atoms with Crippen molar-refractivity contribution in [1.82, 2.24) is 5.32 Å². The topological polar surface area (TPSA) is 128 Å². The Hall–Kier alpha value is -2.55. The summed E-state index contributed by atoms with van der Waals surface area (Å²) in [6.07, 6.45) is -0.945. The second-order valence-electron chi connectivity index (χ2n) is 5.72. The molecule has 1 aromatic carbocycles. The number of amides is 1. The highest BCUT2D eigenvalue weighted by Gasteiger charge is 2.26. The molecular weight excluding hydrogens is 344 g/mol. The molecule has 0 aliphatic rings. The standard InChI is InChI=1S/C14H17ClN2O7/c1-14(2,3)24-13(20)16-9(12(18)19)7-23-11-6-8(15)4-5-10(11)17(21)22/h4-6,9H,7H2,1-3H3,(H,16,20)(H,18,19)/t9-/m0/s1. The number of halogens is 1. The predicted octanol–water partition coefficient (Wildman–Crippen LogP) is 2.60. The smallest absolute Gasteiger partial charge is 0.408 e. The summed E-state index contributed by atoms with van der Waals surface area (Å²) in [7, 11) is 0. The lowest BCUT2D eigenvalue weighted by Gasteiger charge is -2.22. The van der Waals surface area contributed by atoms with Gasteiger partial charge in [-0.1, -0.05) is 11.6 Å². The molecule has 0 aromatic heterocycles. The summed E-state index contributed by atoms with van der Waals surface area (Å²) in [6.45, 7) is 4.31. The Labute approximate surface area is 142 Å². The molecule has 0 saturated carbocycles. The molecule has 0 unspecified atom stereocenters. The molecule has 132 valence electrons. The molecule has 1 amide bonds. The summed E-state index contributed by atoms with van der Waals surface area (Å²) < 4.78 is 10.1. The maximum absolute atomic E-state index is 11.6. The molecule has 2 N–H and O–H groups in total. The summed E-state index contributed by atoms with van der Waals surface area (Å²) in [4.78, 5) is 33.1. The molecule has 10 heteroatoms. The summed E-state index contributed by atoms with van der Waals surface area (Å²) >= 11 is 5.75. The van der Waals surface area contributed by atoms with Crippen molar-refractivity contribution in [3.8, 4) is 5.75 Å². The Balaban J connectivity index is 2.81. The number of carbonyl (C=O) groups is 2. The Morgan fingerprint density at radius 3 is 2.54 bits per heavy atom. The van der Waals surface area contributed by atoms with Crippen molar-refractivity contribution >= 4 is 29.4 Å². The van der Waals surface area contributed by atoms with Gasteiger partial charge in [0.05, 0.1) is 4.92 Å². The molecule has 0 spiro atoms. The maximum Gasteiger partial charge on any atom is 0.408 e. The van der Waals surface area contributed by atoms with Crippen LogP contribution < -0.4 is 10.1 Å². The summed E-state index contributed by atoms with van der Waals surface area (Å²) in [5.74, 6) is -1.59. The van der Waals surface area contributed by atoms with Gasteiger partial charge in [-0.3, -0.25) is 10.1 Å². The highest BCUT2D eigenvalue weighted by atomic mass is 35.5. The minimum absolute atomic E-state index is 0.183. The second kappa shape index (κ2) is 7.82. The van der Waals surface area contributed by atoms with Gasteiger partial charge in [0.15, 0.2) is 11.8 Å². The summed E-state index contributed by atoms with van der Waals surface area (Å²) in [5, 5.41) is 22.3. The largest absolute Gasteiger partial charge is 0.484 e. The summed E-state index contributed by atoms with van der Waals surface area (Å²) in [5.41, 5.74) is -1.18. The van der Waals surface area contributed by atoms with Crippen LogP contribution >= 0.6 is 11.6 Å². The zero-order chi connectivity index (χ0) is 18.5. The van der Waals surface area contributed by atoms with E-state index in [0.717, 1.165) is 6.07 Å². The van der Waals surface area contributed by atoms with Gasteiger partial charge < -0.3 is 19.9 Å². The van der Waals surface area contributed by atoms with Crippen molar-refractivity contribution in [1.29, 1.82) is 0 Å². The first-order valence-electron chi connectivity index (χ1n) is 6.78. The van der Waals surface area contributed by atoms with Crippen LogP contribution in [0.5, 0.6) is 5.75 Å². The lowest BCUT2D eigenvalue weighted by Crippen LogP contribution is -2.46. The van der Waals surface area contributed by atoms with Gasteiger partial charge >= 0.3 is 17.7 Å². The van der Waals surface area contributed by atoms with Crippen molar-refractivity contribution in [2.45, 2.75) is 32.4 Å². The highest BCUT2D eigenvalue weighted by Crippen LogP contribution is 2.29. The number of carbonyl (C=O) groups excluding carboxylic acids is 1. The van der Waals surface area contributed by atoms with Crippen LogP contribution in [-0.2, 0) is 9.53 Å². The third kappa shape index (κ3) is 6.29. The van der Waals surface area contributed by atoms with E-state index in [4.69, 9.17) is 26.2 Å². The van der Waals surface area contributed by atoms with Crippen LogP contribution in [0.2, 0.25) is 5.02 Å². The first-order chi connectivity index (χ1) is 11.0. The number of carboxylic acids is 1. The third-order valence-electron chi connectivity index (χ3n) is 2.51. The molecule has 0 aliphatic carbocycles. The van der Waals surface area contributed by atoms with Crippen molar-refractivity contribution in [2.24, 2.45) is 0 Å². The van der Waals surface area contributed by atoms with Gasteiger partial charge in [-0.05, 0) is 26.8 Å². The number of aliphatic carboxylic acids is 1. The van der Waals surface area contributed by atoms with Gasteiger partial charge in [0.25, 0.3) is 0 Å². The Kier molecular flexibility index (Phi) is 6.35. The van der Waals surface area contributed by atoms with Crippen LogP contribution in [0.25, 0.3) is 0 Å². The van der Waals surface area contributed by atoms with Crippen molar-refractivity contribution in [2.75, 3.05) is 6.61 Å². The van der Waals surface area contributed by atoms with E-state index in [2.05, 4.69) is 5.32 Å². The lowest BCUT2D eigenvalue weighted by molar-refractivity contribution is -0.385. The number of carboxylic acid groups (broad SMARTS) is 1. The molecule has 24 heavy (non-hydrogen) atoms. The third-order valence-corrected chi connectivity index (χ3v) is 2.75. The molecule has 0 aliphatic heterocycles. The molecule has 1 atom stereocenters. The number of nitrogens with zero attached hydrogens (tertiary/aromatic N) is 1. The average Bonchev–Trinajstić information content (AvgIpc) is 2.40. The number of ether oxygens (including phenoxy) is 2. The second-order valence-corrected chi connectivity index (χ2v) is 6.15. The van der Waals surface area contributed by atoms with Crippen LogP contribution in [0, 0.1) is 10.1 Å². The summed E-state index contributed by atoms with van der Waals surface area (Å²) in [6, 6.07) is 2.17. The van der Waals surface area contributed by atoms with Gasteiger partial charge in [0.2, 0.25) is 0 Å². The van der Waals surface area contributed by atoms with E-state index in [1.54, 1.807) is 20.8 Å². The van der Waals surface area contributed by atoms with Crippen molar-refractivity contribution < 1.29 is 29.1 Å². The first kappa shape index (κ1) is 19.5. The molecule has 9 nitrogen and oxygen atoms in total. The van der Waals surface area contributed by atoms with E-state index in [0.29, 0.717) is 0 Å². The van der Waals surface area contributed by atoms with Gasteiger partial charge in [0.1, 0.15) is 12.2 Å². The fraction of sp³-hybridized carbons (Fsp3) is 0.429. The monoisotopic (exact) mass is 360 g/mol. The van der Waals surface area contributed by atoms with Gasteiger partial charge in [-0.25, -0.2) is 9.59 Å². The number of hydrogen-bond acceptors (Lipinski definition) is 6. The number of nitro groups is 1. The van der Waals surface area contributed by atoms with Crippen LogP contribution in [0.4, 0.5) is 10.5 Å². The Morgan fingerprint density at radius 2 is 2.04 bits per heavy atom. The van der Waals surface area contributed by atoms with Crippen molar-refractivity contribution in [3.05, 3.63) is 33.3 Å². The van der Waals surface area contributed by atoms with Crippen LogP contribution in [0.1, 0.15) is 20.8 Å². The number of benzene rings is 1. The number of nitrogens with one attached hydrogen (secondary N) is 1. The Bertz CT molecular complexity index is 643. The minimum atomic E-state index is -1.46. The number of rotatable bonds is 6. The zero-order valence-corrected chi connectivity index (χ0v) is 14.0. The van der Waals surface area contributed by atoms with E-state index >= 15 is 0 Å². The SMILES string of the molecule is CC(C)(C)OC(=O)N[C@@H](COc1cc(Cl)ccc1[N+](=O)[O-])C(=O)O. The van der Waals surface area contributed by atoms with E-state index in [1.165, 1.54) is 12.1 Å². The van der Waals surface area contributed by atoms with E-state index < -0.39 is 35.2 Å². The quantitative estimate of drug-likeness (QED) is 0.589. The highest BCUT2D eigenvalue weighted by molar-refractivity contribution is 6.30. The van der Waals surface area contributed by atoms with E-state index in [-0.39, 0.29) is 16.5 Å². The Morgan fingerprint density at radius 1 is 1.42 bits per heavy atom.